The Labute approximate surface area is 365 Å². The Kier molecular flexibility index (Phi) is 18.6. The van der Waals surface area contributed by atoms with E-state index in [1.165, 1.54) is 38.5 Å². The van der Waals surface area contributed by atoms with Crippen molar-refractivity contribution >= 4 is 29.8 Å². The van der Waals surface area contributed by atoms with Crippen molar-refractivity contribution in [2.75, 3.05) is 19.8 Å². The predicted molar refractivity (Wildman–Crippen MR) is 231 cm³/mol. The Bertz CT molecular complexity index is 1430. The molecule has 0 aliphatic heterocycles. The van der Waals surface area contributed by atoms with Crippen LogP contribution in [-0.2, 0) is 38.3 Å². The van der Waals surface area contributed by atoms with Gasteiger partial charge in [-0.1, -0.05) is 65.2 Å². The molecule has 12 atom stereocenters. The summed E-state index contributed by atoms with van der Waals surface area (Å²) in [4.78, 5) is 70.6. The second-order valence-corrected chi connectivity index (χ2v) is 20.6. The minimum atomic E-state index is -0.959. The number of carbonyl (C=O) groups is 5. The highest BCUT2D eigenvalue weighted by Crippen LogP contribution is 2.42. The highest BCUT2D eigenvalue weighted by atomic mass is 16.6. The van der Waals surface area contributed by atoms with Crippen molar-refractivity contribution in [3.8, 4) is 0 Å². The number of carboxylic acid groups (broad SMARTS) is 2. The van der Waals surface area contributed by atoms with Gasteiger partial charge in [-0.25, -0.2) is 0 Å². The maximum Gasteiger partial charge on any atom is 0.308 e. The van der Waals surface area contributed by atoms with Gasteiger partial charge in [0.2, 0.25) is 5.91 Å². The maximum atomic E-state index is 13.9. The monoisotopic (exact) mass is 857 g/mol. The van der Waals surface area contributed by atoms with E-state index in [0.717, 1.165) is 83.5 Å². The zero-order chi connectivity index (χ0) is 43.3. The van der Waals surface area contributed by atoms with Crippen LogP contribution in [-0.4, -0.2) is 71.9 Å². The van der Waals surface area contributed by atoms with Crippen molar-refractivity contribution in [2.24, 2.45) is 71.0 Å². The first-order valence-electron chi connectivity index (χ1n) is 25.0. The molecule has 61 heavy (non-hydrogen) atoms. The molecule has 6 aliphatic carbocycles. The van der Waals surface area contributed by atoms with Crippen LogP contribution in [0.4, 0.5) is 0 Å². The molecular weight excluding hydrogens is 777 g/mol. The van der Waals surface area contributed by atoms with Gasteiger partial charge < -0.3 is 29.8 Å². The zero-order valence-electron chi connectivity index (χ0n) is 37.5. The molecule has 4 N–H and O–H groups in total. The molecule has 0 saturated heterocycles. The number of hydrogen-bond donors (Lipinski definition) is 4. The van der Waals surface area contributed by atoms with Crippen LogP contribution in [0, 0.1) is 71.0 Å². The van der Waals surface area contributed by atoms with E-state index in [2.05, 4.69) is 24.6 Å². The maximum absolute atomic E-state index is 13.9. The Morgan fingerprint density at radius 1 is 0.492 bits per heavy atom. The lowest BCUT2D eigenvalue weighted by atomic mass is 9.69. The van der Waals surface area contributed by atoms with E-state index in [4.69, 9.17) is 14.3 Å². The van der Waals surface area contributed by atoms with Gasteiger partial charge in [-0.15, -0.1) is 0 Å². The van der Waals surface area contributed by atoms with Crippen molar-refractivity contribution < 1.29 is 48.5 Å². The van der Waals surface area contributed by atoms with Crippen molar-refractivity contribution in [3.63, 3.8) is 0 Å². The fourth-order valence-electron chi connectivity index (χ4n) is 12.7. The number of esters is 2. The molecule has 6 rings (SSSR count). The average Bonchev–Trinajstić information content (AvgIpc) is 3.28. The summed E-state index contributed by atoms with van der Waals surface area (Å²) in [6.45, 7) is 5.60. The van der Waals surface area contributed by atoms with Gasteiger partial charge in [0.15, 0.2) is 0 Å². The molecule has 0 bridgehead atoms. The van der Waals surface area contributed by atoms with Gasteiger partial charge in [-0.2, -0.15) is 5.48 Å². The van der Waals surface area contributed by atoms with Crippen molar-refractivity contribution in [2.45, 2.75) is 186 Å². The molecular formula is C49H80N2O10. The Hall–Kier alpha value is -2.73. The van der Waals surface area contributed by atoms with Crippen LogP contribution < -0.4 is 10.8 Å². The highest BCUT2D eigenvalue weighted by molar-refractivity contribution is 5.86. The van der Waals surface area contributed by atoms with Crippen LogP contribution in [0.5, 0.6) is 0 Å². The van der Waals surface area contributed by atoms with Gasteiger partial charge in [0.1, 0.15) is 0 Å². The molecule has 0 aromatic rings. The van der Waals surface area contributed by atoms with E-state index in [1.807, 2.05) is 0 Å². The van der Waals surface area contributed by atoms with Gasteiger partial charge in [0.05, 0.1) is 49.4 Å². The number of hydrogen-bond acceptors (Lipinski definition) is 9. The van der Waals surface area contributed by atoms with E-state index in [0.29, 0.717) is 80.8 Å². The predicted octanol–water partition coefficient (Wildman–Crippen LogP) is 8.88. The number of amides is 1. The van der Waals surface area contributed by atoms with Crippen LogP contribution in [0.1, 0.15) is 174 Å². The first kappa shape index (κ1) is 47.7. The first-order valence-corrected chi connectivity index (χ1v) is 25.0. The molecule has 12 heteroatoms. The lowest BCUT2D eigenvalue weighted by Gasteiger charge is -2.41. The Morgan fingerprint density at radius 2 is 1.00 bits per heavy atom. The molecule has 0 aromatic heterocycles. The largest absolute Gasteiger partial charge is 0.481 e. The minimum absolute atomic E-state index is 0.00895. The topological polar surface area (TPSA) is 178 Å². The lowest BCUT2D eigenvalue weighted by molar-refractivity contribution is -0.158. The summed E-state index contributed by atoms with van der Waals surface area (Å²) in [5.41, 5.74) is 3.36. The second kappa shape index (κ2) is 23.8. The summed E-state index contributed by atoms with van der Waals surface area (Å²) in [7, 11) is 0. The molecule has 0 aromatic carbocycles. The lowest BCUT2D eigenvalue weighted by Crippen LogP contribution is -2.49. The van der Waals surface area contributed by atoms with Gasteiger partial charge in [0, 0.05) is 12.1 Å². The normalized spacial score (nSPS) is 35.4. The van der Waals surface area contributed by atoms with Crippen LogP contribution in [0.3, 0.4) is 0 Å². The third-order valence-electron chi connectivity index (χ3n) is 16.6. The number of hydroxylamine groups is 1. The molecule has 346 valence electrons. The van der Waals surface area contributed by atoms with Crippen molar-refractivity contribution in [1.82, 2.24) is 10.8 Å². The summed E-state index contributed by atoms with van der Waals surface area (Å²) in [6, 6.07) is 0.209. The van der Waals surface area contributed by atoms with Gasteiger partial charge >= 0.3 is 23.9 Å². The number of ether oxygens (including phenoxy) is 2. The minimum Gasteiger partial charge on any atom is -0.481 e. The highest BCUT2D eigenvalue weighted by Gasteiger charge is 2.44. The van der Waals surface area contributed by atoms with E-state index in [9.17, 15) is 34.2 Å². The molecule has 1 amide bonds. The molecule has 6 aliphatic rings. The summed E-state index contributed by atoms with van der Waals surface area (Å²) in [5.74, 6) is -2.60. The molecule has 0 heterocycles. The Morgan fingerprint density at radius 3 is 1.54 bits per heavy atom. The summed E-state index contributed by atoms with van der Waals surface area (Å²) in [6.07, 6.45) is 23.5. The molecule has 12 unspecified atom stereocenters. The van der Waals surface area contributed by atoms with Crippen molar-refractivity contribution in [3.05, 3.63) is 0 Å². The van der Waals surface area contributed by atoms with Gasteiger partial charge in [-0.05, 0) is 151 Å². The molecule has 0 radical (unpaired) electrons. The number of rotatable bonds is 18. The Balaban J connectivity index is 0.928. The van der Waals surface area contributed by atoms with E-state index in [-0.39, 0.29) is 54.8 Å². The SMILES string of the molecule is CCC1CC(CC2CCC(NC(=O)C3CC(C(=O)OCC4CCCCC4)CCC3C(=O)O)C(CC)C2)CCC1NOCC1CC(C(=O)OCC2CCCCC2)CCC1C(=O)O. The van der Waals surface area contributed by atoms with E-state index >= 15 is 0 Å². The van der Waals surface area contributed by atoms with E-state index < -0.39 is 35.6 Å². The summed E-state index contributed by atoms with van der Waals surface area (Å²) < 4.78 is 11.5. The number of aliphatic carboxylic acids is 2. The molecule has 6 fully saturated rings. The molecule has 0 spiro atoms. The molecule has 12 nitrogen and oxygen atoms in total. The fourth-order valence-corrected chi connectivity index (χ4v) is 12.7. The van der Waals surface area contributed by atoms with Crippen LogP contribution in [0.15, 0.2) is 0 Å². The fraction of sp³-hybridized carbons (Fsp3) is 0.898. The van der Waals surface area contributed by atoms with Gasteiger partial charge in [-0.3, -0.25) is 24.0 Å². The summed E-state index contributed by atoms with van der Waals surface area (Å²) >= 11 is 0. The van der Waals surface area contributed by atoms with Crippen LogP contribution in [0.2, 0.25) is 0 Å². The number of carboxylic acids is 2. The number of nitrogens with one attached hydrogen (secondary N) is 2. The summed E-state index contributed by atoms with van der Waals surface area (Å²) in [5, 5.41) is 23.4. The quantitative estimate of drug-likeness (QED) is 0.0765. The third kappa shape index (κ3) is 13.6. The van der Waals surface area contributed by atoms with Crippen LogP contribution in [0.25, 0.3) is 0 Å². The second-order valence-electron chi connectivity index (χ2n) is 20.6. The standard InChI is InChI=1S/C49H80N2O10/c1-3-35-24-33(15-21-43(35)50-45(52)42-27-38(18-20-41(42)47(55)56)49(58)60-29-32-13-9-6-10-14-32)23-34-16-22-44(36(4-2)25-34)51-61-30-39-26-37(17-19-40(39)46(53)54)48(57)59-28-31-11-7-5-8-12-31/h31-44,51H,3-30H2,1-2H3,(H,50,52)(H,53,54)(H,55,56). The van der Waals surface area contributed by atoms with Crippen molar-refractivity contribution in [1.29, 1.82) is 0 Å². The average molecular weight is 857 g/mol. The smallest absolute Gasteiger partial charge is 0.308 e. The first-order chi connectivity index (χ1) is 29.5. The molecule has 6 saturated carbocycles. The van der Waals surface area contributed by atoms with Crippen LogP contribution >= 0.6 is 0 Å². The number of carbonyl (C=O) groups excluding carboxylic acids is 3. The zero-order valence-corrected chi connectivity index (χ0v) is 37.5. The third-order valence-corrected chi connectivity index (χ3v) is 16.6. The van der Waals surface area contributed by atoms with Gasteiger partial charge in [0.25, 0.3) is 0 Å². The van der Waals surface area contributed by atoms with E-state index in [1.54, 1.807) is 0 Å².